The summed E-state index contributed by atoms with van der Waals surface area (Å²) in [6.07, 6.45) is -34.1. The normalized spacial score (nSPS) is 34.0. The van der Waals surface area contributed by atoms with Crippen LogP contribution in [0.3, 0.4) is 0 Å². The lowest BCUT2D eigenvalue weighted by Gasteiger charge is -2.53. The molecule has 136 heavy (non-hydrogen) atoms. The van der Waals surface area contributed by atoms with Crippen LogP contribution in [0.2, 0.25) is 0 Å². The number of hydrogen-bond acceptors (Lipinski definition) is 39. The van der Waals surface area contributed by atoms with Crippen molar-refractivity contribution in [1.29, 1.82) is 0 Å². The molecule has 35 atom stereocenters. The van der Waals surface area contributed by atoms with Crippen molar-refractivity contribution < 1.29 is 208 Å². The Hall–Kier alpha value is -5.54. The average Bonchev–Trinajstić information content (AvgIpc) is 0.571. The Labute approximate surface area is 791 Å². The highest BCUT2D eigenvalue weighted by Crippen LogP contribution is 2.45. The van der Waals surface area contributed by atoms with E-state index in [1.807, 2.05) is 0 Å². The van der Waals surface area contributed by atoms with Gasteiger partial charge in [-0.1, -0.05) is 180 Å². The van der Waals surface area contributed by atoms with Gasteiger partial charge < -0.3 is 195 Å². The number of ketones is 1. The lowest BCUT2D eigenvalue weighted by atomic mass is 9.86. The largest absolute Gasteiger partial charge is 0.477 e. The fraction of sp³-hybridized carbons (Fsp3) is 0.889. The summed E-state index contributed by atoms with van der Waals surface area (Å²) in [6, 6.07) is -7.29. The van der Waals surface area contributed by atoms with Crippen molar-refractivity contribution in [2.24, 2.45) is 5.92 Å². The van der Waals surface area contributed by atoms with Gasteiger partial charge in [0.1, 0.15) is 122 Å². The lowest BCUT2D eigenvalue weighted by molar-refractivity contribution is -0.404. The van der Waals surface area contributed by atoms with Crippen molar-refractivity contribution in [3.63, 3.8) is 0 Å². The quantitative estimate of drug-likeness (QED) is 0.0208. The van der Waals surface area contributed by atoms with Crippen LogP contribution in [-0.4, -0.2) is 413 Å². The molecule has 0 aromatic rings. The maximum atomic E-state index is 14.4. The summed E-state index contributed by atoms with van der Waals surface area (Å²) in [6.45, 7) is -0.602. The van der Waals surface area contributed by atoms with Gasteiger partial charge in [-0.25, -0.2) is 14.4 Å². The molecule has 46 heteroatoms. The van der Waals surface area contributed by atoms with Gasteiger partial charge in [0.2, 0.25) is 23.6 Å². The Morgan fingerprint density at radius 3 is 1.21 bits per heavy atom. The van der Waals surface area contributed by atoms with Gasteiger partial charge in [-0.2, -0.15) is 0 Å². The fourth-order valence-electron chi connectivity index (χ4n) is 18.3. The molecule has 6 heterocycles. The number of amides is 4. The van der Waals surface area contributed by atoms with Crippen LogP contribution < -0.4 is 21.3 Å². The molecule has 6 saturated heterocycles. The van der Waals surface area contributed by atoms with Crippen LogP contribution in [0.4, 0.5) is 0 Å². The average molecular weight is 1970 g/mol. The van der Waals surface area contributed by atoms with Gasteiger partial charge in [-0.3, -0.25) is 19.2 Å². The van der Waals surface area contributed by atoms with Crippen molar-refractivity contribution in [2.75, 3.05) is 46.2 Å². The molecule has 0 spiro atoms. The molecule has 788 valence electrons. The molecule has 0 radical (unpaired) electrons. The number of carbonyl (C=O) groups is 8. The van der Waals surface area contributed by atoms with Crippen LogP contribution in [0, 0.1) is 5.92 Å². The maximum Gasteiger partial charge on any atom is 0.364 e. The van der Waals surface area contributed by atoms with E-state index in [-0.39, 0.29) is 6.42 Å². The predicted octanol–water partition coefficient (Wildman–Crippen LogP) is -3.43. The second kappa shape index (κ2) is 59.5. The van der Waals surface area contributed by atoms with Crippen LogP contribution in [0.15, 0.2) is 12.2 Å². The summed E-state index contributed by atoms with van der Waals surface area (Å²) in [7, 11) is 0. The van der Waals surface area contributed by atoms with E-state index < -0.39 is 332 Å². The molecule has 0 aromatic carbocycles. The van der Waals surface area contributed by atoms with Crippen molar-refractivity contribution in [1.82, 2.24) is 21.3 Å². The molecular formula is C90H156N4O42. The Balaban J connectivity index is 1.32. The number of carboxylic acid groups (broad SMARTS) is 3. The van der Waals surface area contributed by atoms with E-state index in [2.05, 4.69) is 35.1 Å². The molecule has 0 aromatic heterocycles. The summed E-state index contributed by atoms with van der Waals surface area (Å²) in [5.74, 6) is -23.6. The summed E-state index contributed by atoms with van der Waals surface area (Å²) in [5.41, 5.74) is 0. The van der Waals surface area contributed by atoms with Crippen LogP contribution in [0.5, 0.6) is 0 Å². The van der Waals surface area contributed by atoms with Gasteiger partial charge in [0, 0.05) is 58.8 Å². The van der Waals surface area contributed by atoms with Crippen molar-refractivity contribution >= 4 is 47.3 Å². The van der Waals surface area contributed by atoms with Gasteiger partial charge in [0.15, 0.2) is 18.9 Å². The molecule has 0 bridgehead atoms. The number of allylic oxidation sites excluding steroid dienone is 1. The smallest absolute Gasteiger partial charge is 0.364 e. The first-order valence-electron chi connectivity index (χ1n) is 48.1. The number of aliphatic hydroxyl groups excluding tert-OH is 19. The number of aliphatic hydroxyl groups is 19. The van der Waals surface area contributed by atoms with Crippen LogP contribution in [-0.2, 0) is 95.2 Å². The molecular weight excluding hydrogens is 1810 g/mol. The van der Waals surface area contributed by atoms with Gasteiger partial charge in [0.05, 0.1) is 101 Å². The van der Waals surface area contributed by atoms with Gasteiger partial charge in [-0.05, 0) is 26.2 Å². The Kier molecular flexibility index (Phi) is 52.1. The summed E-state index contributed by atoms with van der Waals surface area (Å²) in [4.78, 5) is 107. The molecule has 6 aliphatic heterocycles. The van der Waals surface area contributed by atoms with Crippen LogP contribution >= 0.6 is 0 Å². The lowest BCUT2D eigenvalue weighted by Crippen LogP contribution is -2.72. The zero-order valence-corrected chi connectivity index (χ0v) is 78.7. The third kappa shape index (κ3) is 34.4. The monoisotopic (exact) mass is 1970 g/mol. The zero-order chi connectivity index (χ0) is 101. The van der Waals surface area contributed by atoms with Crippen molar-refractivity contribution in [2.45, 2.75) is 454 Å². The number of nitrogens with one attached hydrogen (secondary N) is 4. The number of unbranched alkanes of at least 4 members (excludes halogenated alkanes) is 25. The highest BCUT2D eigenvalue weighted by Gasteiger charge is 2.65. The predicted molar refractivity (Wildman–Crippen MR) is 470 cm³/mol. The van der Waals surface area contributed by atoms with Crippen molar-refractivity contribution in [3.8, 4) is 0 Å². The van der Waals surface area contributed by atoms with Gasteiger partial charge in [0.25, 0.3) is 17.4 Å². The number of ether oxygens (including phenoxy) is 12. The maximum absolute atomic E-state index is 14.4. The summed E-state index contributed by atoms with van der Waals surface area (Å²) in [5, 5.41) is 261. The SMILES string of the molecule is CCCCCCCCCCCCC/C=C\[C@@H](O)[C@H](CO[C@@H]1O[C@H](CO)[C@@H](O[C@@H]2O[C@H](CO)[C@H](O[C@@H]3O[C@H](CO)[C@H](O)[C@H](O)[C@H]3CC(C)=O)[C@H](O[C@]3(C(=O)O)C[C@H](O)[C@@H](NC(C)=O)C([C@H](O)[C@@H](CO)O[C@]4(C(=O)O)C[C@H](O)[C@@H](NC(C)=O)C([C@H](O)[C@@H](CO)O[C@]5(C(=O)O)C[C@H](O)[C@@H](NC(C)=O)C([C@H](O)[C@H](O)CO)O5)O4)O3)[C@H]2O)[C@H](O)[C@H]1O)NC(=O)CCCCCCCCCCCCCCCCC. The minimum atomic E-state index is -3.71. The fourth-order valence-corrected chi connectivity index (χ4v) is 18.3. The van der Waals surface area contributed by atoms with Crippen LogP contribution in [0.1, 0.15) is 247 Å². The Morgan fingerprint density at radius 1 is 0.419 bits per heavy atom. The first-order valence-corrected chi connectivity index (χ1v) is 48.1. The molecule has 6 aliphatic rings. The number of aliphatic carboxylic acids is 3. The van der Waals surface area contributed by atoms with Gasteiger partial charge in [-0.15, -0.1) is 0 Å². The second-order valence-corrected chi connectivity index (χ2v) is 36.7. The van der Waals surface area contributed by atoms with E-state index in [9.17, 15) is 151 Å². The Bertz CT molecular complexity index is 3570. The van der Waals surface area contributed by atoms with Gasteiger partial charge >= 0.3 is 17.9 Å². The van der Waals surface area contributed by atoms with E-state index in [0.717, 1.165) is 91.9 Å². The van der Waals surface area contributed by atoms with E-state index in [1.165, 1.54) is 102 Å². The standard InChI is InChI=1S/C90H156N4O42/c1-7-9-11-13-15-17-19-21-22-24-26-28-30-32-34-36-64(110)94-53(54(105)35-33-31-29-27-25-23-20-18-16-14-12-10-8-2)47-125-83-74(117)73(116)76(62(45-99)127-83)129-84-75(118)81(77(63(46-100)128-84)130-82-52(37-48(3)101)68(111)70(113)59(42-96)126-82)136-90(87(123)124)40-57(108)67(93-51(6)104)80(135-90)72(115)61(44-98)132-89(86(121)122)39-56(107)66(92-50(5)103)79(134-89)71(114)60(43-97)131-88(85(119)120)38-55(106)65(91-49(4)102)78(133-88)69(112)58(109)41-95/h33,35,52-63,65-84,95-100,105-109,111-118H,7-32,34,36-47H2,1-6H3,(H,91,102)(H,92,103)(H,93,104)(H,94,110)(H,119,120)(H,121,122)(H,123,124)/b35-33-/t52-,53+,54-,55+,56+,57+,58-,59-,60-,61-,62-,63-,65-,66-,67-,68-,69-,70+,71-,72-,73-,74-,75-,76-,77+,78?,79?,80?,81-,82+,83-,84+,88-,89-,90+/m1/s1. The number of carboxylic acids is 3. The number of hydrogen-bond donors (Lipinski definition) is 26. The third-order valence-electron chi connectivity index (χ3n) is 25.8. The molecule has 46 nitrogen and oxygen atoms in total. The van der Waals surface area contributed by atoms with E-state index in [1.54, 1.807) is 6.08 Å². The minimum Gasteiger partial charge on any atom is -0.477 e. The zero-order valence-electron chi connectivity index (χ0n) is 78.7. The van der Waals surface area contributed by atoms with E-state index >= 15 is 0 Å². The molecule has 4 amide bonds. The third-order valence-corrected chi connectivity index (χ3v) is 25.8. The first kappa shape index (κ1) is 119. The van der Waals surface area contributed by atoms with Crippen molar-refractivity contribution in [3.05, 3.63) is 12.2 Å². The van der Waals surface area contributed by atoms with E-state index in [4.69, 9.17) is 56.8 Å². The molecule has 6 rings (SSSR count). The number of rotatable bonds is 64. The summed E-state index contributed by atoms with van der Waals surface area (Å²) >= 11 is 0. The summed E-state index contributed by atoms with van der Waals surface area (Å²) < 4.78 is 72.0. The molecule has 0 saturated carbocycles. The highest BCUT2D eigenvalue weighted by atomic mass is 16.8. The number of Topliss-reactive ketones (excluding diaryl/α,β-unsaturated/α-hetero) is 1. The molecule has 0 aliphatic carbocycles. The van der Waals surface area contributed by atoms with Crippen LogP contribution in [0.25, 0.3) is 0 Å². The molecule has 26 N–H and O–H groups in total. The first-order chi connectivity index (χ1) is 64.6. The minimum absolute atomic E-state index is 0.0829. The molecule has 6 fully saturated rings. The second-order valence-electron chi connectivity index (χ2n) is 36.7. The Morgan fingerprint density at radius 2 is 0.801 bits per heavy atom. The molecule has 3 unspecified atom stereocenters. The number of carbonyl (C=O) groups excluding carboxylic acids is 5. The topological polar surface area (TPSA) is 741 Å². The highest BCUT2D eigenvalue weighted by molar-refractivity contribution is 5.79. The van der Waals surface area contributed by atoms with E-state index in [0.29, 0.717) is 12.8 Å².